The smallest absolute Gasteiger partial charge is 0.237 e. The zero-order chi connectivity index (χ0) is 19.5. The molecule has 28 heavy (non-hydrogen) atoms. The predicted octanol–water partition coefficient (Wildman–Crippen LogP) is 3.49. The number of anilines is 1. The Bertz CT molecular complexity index is 836. The molecule has 0 radical (unpaired) electrons. The number of hydrogen-bond donors (Lipinski definition) is 1. The van der Waals surface area contributed by atoms with Gasteiger partial charge in [0.15, 0.2) is 0 Å². The number of piperazine rings is 1. The van der Waals surface area contributed by atoms with Gasteiger partial charge in [0.2, 0.25) is 5.91 Å². The quantitative estimate of drug-likeness (QED) is 0.854. The lowest BCUT2D eigenvalue weighted by Crippen LogP contribution is -2.54. The number of carbonyl (C=O) groups is 1. The topological polar surface area (TPSA) is 44.8 Å². The molecule has 0 bridgehead atoms. The third-order valence-electron chi connectivity index (χ3n) is 5.71. The van der Waals surface area contributed by atoms with Gasteiger partial charge in [0, 0.05) is 38.2 Å². The van der Waals surface area contributed by atoms with Crippen molar-refractivity contribution in [3.8, 4) is 5.75 Å². The molecular formula is C22H26ClN3O2. The number of benzene rings is 2. The van der Waals surface area contributed by atoms with Crippen LogP contribution in [0.15, 0.2) is 48.5 Å². The summed E-state index contributed by atoms with van der Waals surface area (Å²) in [7, 11) is 0. The first-order chi connectivity index (χ1) is 13.6. The van der Waals surface area contributed by atoms with Crippen molar-refractivity contribution in [3.05, 3.63) is 59.1 Å². The molecule has 2 aliphatic heterocycles. The Labute approximate surface area is 171 Å². The van der Waals surface area contributed by atoms with Crippen LogP contribution in [0.4, 0.5) is 5.69 Å². The summed E-state index contributed by atoms with van der Waals surface area (Å²) in [5.41, 5.74) is 2.14. The van der Waals surface area contributed by atoms with Crippen LogP contribution in [-0.2, 0) is 4.79 Å². The van der Waals surface area contributed by atoms with E-state index in [0.29, 0.717) is 6.61 Å². The van der Waals surface area contributed by atoms with Gasteiger partial charge in [-0.1, -0.05) is 41.9 Å². The summed E-state index contributed by atoms with van der Waals surface area (Å²) in [5, 5.41) is 4.01. The summed E-state index contributed by atoms with van der Waals surface area (Å²) in [4.78, 5) is 17.4. The average molecular weight is 400 g/mol. The fraction of sp³-hybridized carbons (Fsp3) is 0.409. The Morgan fingerprint density at radius 2 is 1.82 bits per heavy atom. The second-order valence-electron chi connectivity index (χ2n) is 7.39. The number of carbonyl (C=O) groups excluding carboxylic acids is 1. The van der Waals surface area contributed by atoms with Gasteiger partial charge in [-0.25, -0.2) is 0 Å². The lowest BCUT2D eigenvalue weighted by atomic mass is 10.00. The Morgan fingerprint density at radius 3 is 2.61 bits per heavy atom. The van der Waals surface area contributed by atoms with E-state index < -0.39 is 0 Å². The molecule has 2 aromatic rings. The highest BCUT2D eigenvalue weighted by Crippen LogP contribution is 2.32. The number of halogens is 1. The largest absolute Gasteiger partial charge is 0.493 e. The molecular weight excluding hydrogens is 374 g/mol. The summed E-state index contributed by atoms with van der Waals surface area (Å²) in [6, 6.07) is 15.7. The van der Waals surface area contributed by atoms with Gasteiger partial charge in [-0.05, 0) is 25.1 Å². The maximum Gasteiger partial charge on any atom is 0.237 e. The zero-order valence-electron chi connectivity index (χ0n) is 16.1. The molecule has 4 rings (SSSR count). The summed E-state index contributed by atoms with van der Waals surface area (Å²) in [6.45, 7) is 6.02. The van der Waals surface area contributed by atoms with E-state index >= 15 is 0 Å². The van der Waals surface area contributed by atoms with E-state index in [2.05, 4.69) is 21.2 Å². The Balaban J connectivity index is 1.35. The maximum atomic E-state index is 12.9. The molecule has 1 fully saturated rings. The van der Waals surface area contributed by atoms with Crippen molar-refractivity contribution in [1.29, 1.82) is 0 Å². The summed E-state index contributed by atoms with van der Waals surface area (Å²) >= 11 is 6.33. The zero-order valence-corrected chi connectivity index (χ0v) is 16.9. The SMILES string of the molecule is C[C@@H](C(=O)N[C@H]1CCOc2ccccc21)N1CCN(c2ccccc2Cl)CC1. The number of para-hydroxylation sites is 2. The minimum atomic E-state index is -0.164. The second-order valence-corrected chi connectivity index (χ2v) is 7.79. The van der Waals surface area contributed by atoms with E-state index in [0.717, 1.165) is 54.6 Å². The lowest BCUT2D eigenvalue weighted by Gasteiger charge is -2.39. The number of amides is 1. The van der Waals surface area contributed by atoms with E-state index in [-0.39, 0.29) is 18.0 Å². The third kappa shape index (κ3) is 3.96. The Hall–Kier alpha value is -2.24. The van der Waals surface area contributed by atoms with Crippen LogP contribution in [0.3, 0.4) is 0 Å². The predicted molar refractivity (Wildman–Crippen MR) is 112 cm³/mol. The minimum absolute atomic E-state index is 0.0179. The van der Waals surface area contributed by atoms with Crippen LogP contribution in [0, 0.1) is 0 Å². The second kappa shape index (κ2) is 8.41. The van der Waals surface area contributed by atoms with E-state index in [1.165, 1.54) is 0 Å². The van der Waals surface area contributed by atoms with Crippen LogP contribution in [0.25, 0.3) is 0 Å². The number of hydrogen-bond acceptors (Lipinski definition) is 4. The van der Waals surface area contributed by atoms with Crippen molar-refractivity contribution < 1.29 is 9.53 Å². The third-order valence-corrected chi connectivity index (χ3v) is 6.03. The fourth-order valence-corrected chi connectivity index (χ4v) is 4.26. The highest BCUT2D eigenvalue weighted by molar-refractivity contribution is 6.33. The Morgan fingerprint density at radius 1 is 1.11 bits per heavy atom. The lowest BCUT2D eigenvalue weighted by molar-refractivity contribution is -0.127. The molecule has 1 N–H and O–H groups in total. The van der Waals surface area contributed by atoms with Gasteiger partial charge in [0.25, 0.3) is 0 Å². The van der Waals surface area contributed by atoms with Crippen molar-refractivity contribution in [1.82, 2.24) is 10.2 Å². The number of nitrogens with zero attached hydrogens (tertiary/aromatic N) is 2. The normalized spacial score (nSPS) is 20.8. The average Bonchev–Trinajstić information content (AvgIpc) is 2.74. The van der Waals surface area contributed by atoms with Gasteiger partial charge < -0.3 is 15.0 Å². The van der Waals surface area contributed by atoms with Crippen molar-refractivity contribution in [2.24, 2.45) is 0 Å². The Kier molecular flexibility index (Phi) is 5.74. The van der Waals surface area contributed by atoms with Gasteiger partial charge in [-0.2, -0.15) is 0 Å². The van der Waals surface area contributed by atoms with Crippen LogP contribution in [0.1, 0.15) is 24.9 Å². The monoisotopic (exact) mass is 399 g/mol. The molecule has 0 saturated carbocycles. The number of fused-ring (bicyclic) bond motifs is 1. The highest BCUT2D eigenvalue weighted by atomic mass is 35.5. The molecule has 148 valence electrons. The van der Waals surface area contributed by atoms with E-state index in [9.17, 15) is 4.79 Å². The van der Waals surface area contributed by atoms with E-state index in [4.69, 9.17) is 16.3 Å². The molecule has 1 saturated heterocycles. The van der Waals surface area contributed by atoms with Gasteiger partial charge in [0.1, 0.15) is 5.75 Å². The molecule has 0 spiro atoms. The highest BCUT2D eigenvalue weighted by Gasteiger charge is 2.29. The molecule has 2 atom stereocenters. The van der Waals surface area contributed by atoms with Gasteiger partial charge in [-0.3, -0.25) is 9.69 Å². The van der Waals surface area contributed by atoms with Crippen molar-refractivity contribution in [3.63, 3.8) is 0 Å². The molecule has 5 nitrogen and oxygen atoms in total. The first kappa shape index (κ1) is 19.1. The summed E-state index contributed by atoms with van der Waals surface area (Å²) in [5.74, 6) is 0.952. The van der Waals surface area contributed by atoms with Crippen LogP contribution >= 0.6 is 11.6 Å². The summed E-state index contributed by atoms with van der Waals surface area (Å²) < 4.78 is 5.70. The molecule has 0 unspecified atom stereocenters. The molecule has 6 heteroatoms. The number of nitrogens with one attached hydrogen (secondary N) is 1. The van der Waals surface area contributed by atoms with Crippen LogP contribution in [0.2, 0.25) is 5.02 Å². The first-order valence-corrected chi connectivity index (χ1v) is 10.3. The van der Waals surface area contributed by atoms with E-state index in [1.54, 1.807) is 0 Å². The molecule has 0 aromatic heterocycles. The molecule has 1 amide bonds. The van der Waals surface area contributed by atoms with Crippen LogP contribution in [-0.4, -0.2) is 49.6 Å². The van der Waals surface area contributed by atoms with Gasteiger partial charge in [0.05, 0.1) is 29.4 Å². The minimum Gasteiger partial charge on any atom is -0.493 e. The first-order valence-electron chi connectivity index (χ1n) is 9.89. The van der Waals surface area contributed by atoms with Crippen molar-refractivity contribution >= 4 is 23.2 Å². The van der Waals surface area contributed by atoms with Crippen LogP contribution < -0.4 is 15.0 Å². The van der Waals surface area contributed by atoms with Gasteiger partial charge in [-0.15, -0.1) is 0 Å². The fourth-order valence-electron chi connectivity index (χ4n) is 4.01. The van der Waals surface area contributed by atoms with Gasteiger partial charge >= 0.3 is 0 Å². The van der Waals surface area contributed by atoms with Crippen molar-refractivity contribution in [2.45, 2.75) is 25.4 Å². The maximum absolute atomic E-state index is 12.9. The molecule has 0 aliphatic carbocycles. The number of rotatable bonds is 4. The standard InChI is InChI=1S/C22H26ClN3O2/c1-16(22(27)24-19-10-15-28-21-9-5-2-6-17(19)21)25-11-13-26(14-12-25)20-8-4-3-7-18(20)23/h2-9,16,19H,10-15H2,1H3,(H,24,27)/t16-,19-/m0/s1. The molecule has 2 aromatic carbocycles. The number of ether oxygens (including phenoxy) is 1. The van der Waals surface area contributed by atoms with Crippen LogP contribution in [0.5, 0.6) is 5.75 Å². The molecule has 2 heterocycles. The van der Waals surface area contributed by atoms with E-state index in [1.807, 2.05) is 49.4 Å². The van der Waals surface area contributed by atoms with Crippen molar-refractivity contribution in [2.75, 3.05) is 37.7 Å². The summed E-state index contributed by atoms with van der Waals surface area (Å²) in [6.07, 6.45) is 0.801. The molecule has 2 aliphatic rings.